The van der Waals surface area contributed by atoms with Gasteiger partial charge in [0.25, 0.3) is 0 Å². The van der Waals surface area contributed by atoms with Crippen molar-refractivity contribution >= 4 is 16.0 Å². The van der Waals surface area contributed by atoms with Crippen LogP contribution in [0, 0.1) is 0 Å². The summed E-state index contributed by atoms with van der Waals surface area (Å²) in [6, 6.07) is 6.15. The summed E-state index contributed by atoms with van der Waals surface area (Å²) >= 11 is 0. The van der Waals surface area contributed by atoms with Gasteiger partial charge >= 0.3 is 5.97 Å². The Morgan fingerprint density at radius 1 is 1.22 bits per heavy atom. The summed E-state index contributed by atoms with van der Waals surface area (Å²) in [6.07, 6.45) is 3.68. The van der Waals surface area contributed by atoms with E-state index in [0.717, 1.165) is 19.3 Å². The third-order valence-electron chi connectivity index (χ3n) is 4.65. The summed E-state index contributed by atoms with van der Waals surface area (Å²) in [6.45, 7) is 0. The Morgan fingerprint density at radius 3 is 2.26 bits per heavy atom. The fourth-order valence-electron chi connectivity index (χ4n) is 3.26. The zero-order chi connectivity index (χ0) is 17.1. The Morgan fingerprint density at radius 2 is 1.78 bits per heavy atom. The first kappa shape index (κ1) is 17.7. The second-order valence-corrected chi connectivity index (χ2v) is 7.97. The molecule has 1 aromatic rings. The molecule has 0 radical (unpaired) electrons. The molecule has 1 N–H and O–H groups in total. The molecular weight excluding hydrogens is 318 g/mol. The Bertz CT molecular complexity index is 648. The molecule has 128 valence electrons. The number of ether oxygens (including phenoxy) is 1. The Hall–Kier alpha value is -1.60. The van der Waals surface area contributed by atoms with E-state index in [0.29, 0.717) is 18.6 Å². The maximum absolute atomic E-state index is 12.9. The van der Waals surface area contributed by atoms with Crippen LogP contribution in [0.2, 0.25) is 0 Å². The fraction of sp³-hybridized carbons (Fsp3) is 0.562. The van der Waals surface area contributed by atoms with Crippen molar-refractivity contribution in [3.05, 3.63) is 24.3 Å². The van der Waals surface area contributed by atoms with Gasteiger partial charge in [-0.05, 0) is 37.1 Å². The maximum Gasteiger partial charge on any atom is 0.305 e. The van der Waals surface area contributed by atoms with Crippen molar-refractivity contribution in [1.29, 1.82) is 0 Å². The number of nitrogens with zero attached hydrogens (tertiary/aromatic N) is 1. The second-order valence-electron chi connectivity index (χ2n) is 6.00. The average molecular weight is 341 g/mol. The van der Waals surface area contributed by atoms with Gasteiger partial charge in [-0.1, -0.05) is 19.3 Å². The summed E-state index contributed by atoms with van der Waals surface area (Å²) in [4.78, 5) is 11.4. The number of carboxylic acids is 1. The Kier molecular flexibility index (Phi) is 5.31. The molecule has 0 unspecified atom stereocenters. The number of sulfonamides is 1. The van der Waals surface area contributed by atoms with E-state index in [-0.39, 0.29) is 11.3 Å². The van der Waals surface area contributed by atoms with Gasteiger partial charge in [0.05, 0.1) is 18.4 Å². The molecule has 0 bridgehead atoms. The highest BCUT2D eigenvalue weighted by molar-refractivity contribution is 7.89. The normalized spacial score (nSPS) is 17.9. The summed E-state index contributed by atoms with van der Waals surface area (Å²) in [5.74, 6) is -0.395. The first-order valence-corrected chi connectivity index (χ1v) is 9.11. The van der Waals surface area contributed by atoms with Gasteiger partial charge in [-0.25, -0.2) is 8.42 Å². The Balaban J connectivity index is 2.36. The monoisotopic (exact) mass is 341 g/mol. The molecule has 0 spiro atoms. The van der Waals surface area contributed by atoms with Crippen LogP contribution < -0.4 is 4.74 Å². The van der Waals surface area contributed by atoms with E-state index in [1.165, 1.54) is 30.6 Å². The molecule has 0 amide bonds. The molecule has 6 nitrogen and oxygen atoms in total. The summed E-state index contributed by atoms with van der Waals surface area (Å²) in [5, 5.41) is 9.25. The van der Waals surface area contributed by atoms with Crippen molar-refractivity contribution in [2.24, 2.45) is 0 Å². The van der Waals surface area contributed by atoms with Crippen LogP contribution in [0.25, 0.3) is 0 Å². The summed E-state index contributed by atoms with van der Waals surface area (Å²) in [5.41, 5.74) is -0.844. The minimum Gasteiger partial charge on any atom is -0.497 e. The smallest absolute Gasteiger partial charge is 0.305 e. The number of carboxylic acid groups (broad SMARTS) is 1. The lowest BCUT2D eigenvalue weighted by Crippen LogP contribution is -2.51. The molecule has 1 aromatic carbocycles. The number of hydrogen-bond acceptors (Lipinski definition) is 4. The predicted molar refractivity (Wildman–Crippen MR) is 86.0 cm³/mol. The molecular formula is C16H23NO5S. The van der Waals surface area contributed by atoms with Crippen molar-refractivity contribution in [2.75, 3.05) is 14.2 Å². The van der Waals surface area contributed by atoms with Crippen LogP contribution in [0.3, 0.4) is 0 Å². The largest absolute Gasteiger partial charge is 0.497 e. The number of carbonyl (C=O) groups is 1. The third kappa shape index (κ3) is 3.67. The van der Waals surface area contributed by atoms with Gasteiger partial charge in [0.15, 0.2) is 0 Å². The van der Waals surface area contributed by atoms with Crippen molar-refractivity contribution in [1.82, 2.24) is 4.31 Å². The molecule has 0 aliphatic heterocycles. The minimum atomic E-state index is -3.75. The van der Waals surface area contributed by atoms with Gasteiger partial charge in [0, 0.05) is 12.6 Å². The van der Waals surface area contributed by atoms with E-state index in [1.54, 1.807) is 12.1 Å². The molecule has 1 aliphatic rings. The number of methoxy groups -OCH3 is 1. The number of hydrogen-bond donors (Lipinski definition) is 1. The molecule has 0 heterocycles. The number of aliphatic carboxylic acids is 1. The number of benzene rings is 1. The zero-order valence-corrected chi connectivity index (χ0v) is 14.3. The molecule has 1 fully saturated rings. The number of rotatable bonds is 6. The highest BCUT2D eigenvalue weighted by atomic mass is 32.2. The van der Waals surface area contributed by atoms with Gasteiger partial charge in [0.2, 0.25) is 10.0 Å². The van der Waals surface area contributed by atoms with Crippen molar-refractivity contribution in [2.45, 2.75) is 49.0 Å². The highest BCUT2D eigenvalue weighted by Gasteiger charge is 2.43. The van der Waals surface area contributed by atoms with Gasteiger partial charge in [-0.2, -0.15) is 4.31 Å². The lowest BCUT2D eigenvalue weighted by atomic mass is 9.79. The quantitative estimate of drug-likeness (QED) is 0.859. The van der Waals surface area contributed by atoms with E-state index in [4.69, 9.17) is 4.74 Å². The van der Waals surface area contributed by atoms with Crippen molar-refractivity contribution in [3.63, 3.8) is 0 Å². The van der Waals surface area contributed by atoms with Gasteiger partial charge in [-0.15, -0.1) is 0 Å². The molecule has 7 heteroatoms. The van der Waals surface area contributed by atoms with E-state index < -0.39 is 21.5 Å². The minimum absolute atomic E-state index is 0.149. The van der Waals surface area contributed by atoms with Gasteiger partial charge in [0.1, 0.15) is 5.75 Å². The van der Waals surface area contributed by atoms with Crippen LogP contribution in [-0.4, -0.2) is 43.5 Å². The molecule has 1 saturated carbocycles. The van der Waals surface area contributed by atoms with Crippen molar-refractivity contribution in [3.8, 4) is 5.75 Å². The first-order chi connectivity index (χ1) is 10.8. The lowest BCUT2D eigenvalue weighted by Gasteiger charge is -2.42. The third-order valence-corrected chi connectivity index (χ3v) is 6.63. The molecule has 1 aliphatic carbocycles. The standard InChI is InChI=1S/C16H23NO5S/c1-17(16(12-15(18)19)10-4-3-5-11-16)23(20,21)14-8-6-13(22-2)7-9-14/h6-9H,3-5,10-12H2,1-2H3,(H,18,19). The van der Waals surface area contributed by atoms with Crippen LogP contribution in [-0.2, 0) is 14.8 Å². The molecule has 23 heavy (non-hydrogen) atoms. The van der Waals surface area contributed by atoms with Crippen LogP contribution in [0.15, 0.2) is 29.2 Å². The van der Waals surface area contributed by atoms with E-state index in [9.17, 15) is 18.3 Å². The van der Waals surface area contributed by atoms with Crippen LogP contribution in [0.4, 0.5) is 0 Å². The SMILES string of the molecule is COc1ccc(S(=O)(=O)N(C)C2(CC(=O)O)CCCCC2)cc1. The van der Waals surface area contributed by atoms with E-state index in [2.05, 4.69) is 0 Å². The molecule has 0 atom stereocenters. The lowest BCUT2D eigenvalue weighted by molar-refractivity contribution is -0.140. The molecule has 0 saturated heterocycles. The average Bonchev–Trinajstić information content (AvgIpc) is 2.54. The van der Waals surface area contributed by atoms with Crippen LogP contribution in [0.5, 0.6) is 5.75 Å². The maximum atomic E-state index is 12.9. The Labute approximate surface area is 137 Å². The van der Waals surface area contributed by atoms with E-state index >= 15 is 0 Å². The molecule has 0 aromatic heterocycles. The fourth-order valence-corrected chi connectivity index (χ4v) is 4.81. The second kappa shape index (κ2) is 6.88. The summed E-state index contributed by atoms with van der Waals surface area (Å²) < 4.78 is 32.1. The summed E-state index contributed by atoms with van der Waals surface area (Å²) in [7, 11) is -0.746. The first-order valence-electron chi connectivity index (χ1n) is 7.67. The van der Waals surface area contributed by atoms with Crippen LogP contribution in [0.1, 0.15) is 38.5 Å². The highest BCUT2D eigenvalue weighted by Crippen LogP contribution is 2.38. The van der Waals surface area contributed by atoms with Crippen LogP contribution >= 0.6 is 0 Å². The van der Waals surface area contributed by atoms with Gasteiger partial charge < -0.3 is 9.84 Å². The topological polar surface area (TPSA) is 83.9 Å². The predicted octanol–water partition coefficient (Wildman–Crippen LogP) is 2.49. The molecule has 2 rings (SSSR count). The van der Waals surface area contributed by atoms with E-state index in [1.807, 2.05) is 0 Å². The zero-order valence-electron chi connectivity index (χ0n) is 13.5. The van der Waals surface area contributed by atoms with Gasteiger partial charge in [-0.3, -0.25) is 4.79 Å². The van der Waals surface area contributed by atoms with Crippen molar-refractivity contribution < 1.29 is 23.1 Å².